The SMILES string of the molecule is COCc1cccc(C(=O)NCC2(COC)CCNCC2)c1. The van der Waals surface area contributed by atoms with Gasteiger partial charge in [0.05, 0.1) is 13.2 Å². The van der Waals surface area contributed by atoms with E-state index < -0.39 is 0 Å². The average molecular weight is 306 g/mol. The van der Waals surface area contributed by atoms with Gasteiger partial charge in [0.2, 0.25) is 0 Å². The second-order valence-corrected chi connectivity index (χ2v) is 6.00. The van der Waals surface area contributed by atoms with Gasteiger partial charge in [0.15, 0.2) is 0 Å². The molecule has 22 heavy (non-hydrogen) atoms. The molecule has 1 fully saturated rings. The molecule has 2 N–H and O–H groups in total. The minimum absolute atomic E-state index is 0.0352. The second kappa shape index (κ2) is 8.27. The third kappa shape index (κ3) is 4.53. The van der Waals surface area contributed by atoms with Crippen LogP contribution in [-0.4, -0.2) is 46.4 Å². The molecule has 0 radical (unpaired) electrons. The molecule has 1 aliphatic rings. The summed E-state index contributed by atoms with van der Waals surface area (Å²) in [6.07, 6.45) is 2.04. The topological polar surface area (TPSA) is 59.6 Å². The number of nitrogens with one attached hydrogen (secondary N) is 2. The van der Waals surface area contributed by atoms with E-state index in [2.05, 4.69) is 10.6 Å². The fraction of sp³-hybridized carbons (Fsp3) is 0.588. The Morgan fingerprint density at radius 3 is 2.73 bits per heavy atom. The van der Waals surface area contributed by atoms with Crippen LogP contribution in [0.25, 0.3) is 0 Å². The molecule has 0 saturated carbocycles. The normalized spacial score (nSPS) is 17.2. The predicted octanol–water partition coefficient (Wildman–Crippen LogP) is 1.58. The Morgan fingerprint density at radius 2 is 2.05 bits per heavy atom. The lowest BCUT2D eigenvalue weighted by Crippen LogP contribution is -2.47. The molecular formula is C17H26N2O3. The molecule has 2 rings (SSSR count). The summed E-state index contributed by atoms with van der Waals surface area (Å²) in [7, 11) is 3.37. The summed E-state index contributed by atoms with van der Waals surface area (Å²) >= 11 is 0. The molecule has 1 amide bonds. The lowest BCUT2D eigenvalue weighted by Gasteiger charge is -2.37. The number of carbonyl (C=O) groups excluding carboxylic acids is 1. The van der Waals surface area contributed by atoms with Gasteiger partial charge in [-0.2, -0.15) is 0 Å². The maximum absolute atomic E-state index is 12.4. The number of methoxy groups -OCH3 is 2. The van der Waals surface area contributed by atoms with Gasteiger partial charge in [-0.1, -0.05) is 12.1 Å². The number of rotatable bonds is 7. The molecule has 1 aromatic rings. The van der Waals surface area contributed by atoms with Crippen LogP contribution in [0.5, 0.6) is 0 Å². The molecule has 1 aromatic carbocycles. The van der Waals surface area contributed by atoms with Crippen LogP contribution >= 0.6 is 0 Å². The zero-order chi connectivity index (χ0) is 15.8. The molecule has 1 saturated heterocycles. The minimum Gasteiger partial charge on any atom is -0.384 e. The number of benzene rings is 1. The van der Waals surface area contributed by atoms with E-state index in [1.807, 2.05) is 24.3 Å². The van der Waals surface area contributed by atoms with Crippen LogP contribution in [0, 0.1) is 5.41 Å². The standard InChI is InChI=1S/C17H26N2O3/c1-21-11-14-4-3-5-15(10-14)16(20)19-12-17(13-22-2)6-8-18-9-7-17/h3-5,10,18H,6-9,11-13H2,1-2H3,(H,19,20). The number of ether oxygens (including phenoxy) is 2. The molecule has 0 bridgehead atoms. The van der Waals surface area contributed by atoms with Crippen molar-refractivity contribution in [3.63, 3.8) is 0 Å². The van der Waals surface area contributed by atoms with Crippen LogP contribution in [0.3, 0.4) is 0 Å². The van der Waals surface area contributed by atoms with Crippen LogP contribution in [0.4, 0.5) is 0 Å². The summed E-state index contributed by atoms with van der Waals surface area (Å²) < 4.78 is 10.5. The zero-order valence-corrected chi connectivity index (χ0v) is 13.5. The summed E-state index contributed by atoms with van der Waals surface area (Å²) in [6.45, 7) is 3.79. The van der Waals surface area contributed by atoms with Crippen molar-refractivity contribution in [3.05, 3.63) is 35.4 Å². The molecule has 0 aliphatic carbocycles. The first-order valence-electron chi connectivity index (χ1n) is 7.75. The molecule has 1 heterocycles. The molecule has 122 valence electrons. The Bertz CT molecular complexity index is 479. The Hall–Kier alpha value is -1.43. The second-order valence-electron chi connectivity index (χ2n) is 6.00. The highest BCUT2D eigenvalue weighted by molar-refractivity contribution is 5.94. The van der Waals surface area contributed by atoms with Crippen LogP contribution in [0.1, 0.15) is 28.8 Å². The first-order chi connectivity index (χ1) is 10.7. The van der Waals surface area contributed by atoms with Crippen molar-refractivity contribution in [2.24, 2.45) is 5.41 Å². The largest absolute Gasteiger partial charge is 0.384 e. The molecule has 0 spiro atoms. The van der Waals surface area contributed by atoms with Gasteiger partial charge in [-0.25, -0.2) is 0 Å². The fourth-order valence-electron chi connectivity index (χ4n) is 2.97. The van der Waals surface area contributed by atoms with Gasteiger partial charge in [0.1, 0.15) is 0 Å². The van der Waals surface area contributed by atoms with Crippen LogP contribution in [0.2, 0.25) is 0 Å². The third-order valence-electron chi connectivity index (χ3n) is 4.24. The average Bonchev–Trinajstić information content (AvgIpc) is 2.54. The zero-order valence-electron chi connectivity index (χ0n) is 13.5. The summed E-state index contributed by atoms with van der Waals surface area (Å²) in [5, 5.41) is 6.43. The molecule has 5 heteroatoms. The van der Waals surface area contributed by atoms with Gasteiger partial charge in [-0.15, -0.1) is 0 Å². The van der Waals surface area contributed by atoms with Crippen molar-refractivity contribution < 1.29 is 14.3 Å². The van der Waals surface area contributed by atoms with Crippen molar-refractivity contribution in [1.29, 1.82) is 0 Å². The Labute approximate surface area is 132 Å². The molecular weight excluding hydrogens is 280 g/mol. The maximum atomic E-state index is 12.4. The van der Waals surface area contributed by atoms with Gasteiger partial charge >= 0.3 is 0 Å². The summed E-state index contributed by atoms with van der Waals surface area (Å²) in [5.41, 5.74) is 1.72. The van der Waals surface area contributed by atoms with Crippen molar-refractivity contribution in [2.45, 2.75) is 19.4 Å². The van der Waals surface area contributed by atoms with Gasteiger partial charge in [-0.05, 0) is 43.6 Å². The van der Waals surface area contributed by atoms with Crippen molar-refractivity contribution in [1.82, 2.24) is 10.6 Å². The van der Waals surface area contributed by atoms with E-state index in [0.717, 1.165) is 31.5 Å². The number of hydrogen-bond acceptors (Lipinski definition) is 4. The molecule has 0 aromatic heterocycles. The minimum atomic E-state index is -0.0352. The van der Waals surface area contributed by atoms with Crippen molar-refractivity contribution >= 4 is 5.91 Å². The van der Waals surface area contributed by atoms with Gasteiger partial charge in [-0.3, -0.25) is 4.79 Å². The first kappa shape index (κ1) is 16.9. The summed E-state index contributed by atoms with van der Waals surface area (Å²) in [4.78, 5) is 12.4. The quantitative estimate of drug-likeness (QED) is 0.803. The molecule has 0 atom stereocenters. The van der Waals surface area contributed by atoms with E-state index in [0.29, 0.717) is 25.3 Å². The highest BCUT2D eigenvalue weighted by atomic mass is 16.5. The Kier molecular flexibility index (Phi) is 6.36. The third-order valence-corrected chi connectivity index (χ3v) is 4.24. The van der Waals surface area contributed by atoms with E-state index >= 15 is 0 Å². The van der Waals surface area contributed by atoms with Crippen molar-refractivity contribution in [3.8, 4) is 0 Å². The monoisotopic (exact) mass is 306 g/mol. The summed E-state index contributed by atoms with van der Waals surface area (Å²) in [6, 6.07) is 7.56. The van der Waals surface area contributed by atoms with E-state index in [-0.39, 0.29) is 11.3 Å². The maximum Gasteiger partial charge on any atom is 0.251 e. The molecule has 1 aliphatic heterocycles. The first-order valence-corrected chi connectivity index (χ1v) is 7.75. The highest BCUT2D eigenvalue weighted by Crippen LogP contribution is 2.28. The van der Waals surface area contributed by atoms with Gasteiger partial charge in [0.25, 0.3) is 5.91 Å². The lowest BCUT2D eigenvalue weighted by atomic mass is 9.79. The lowest BCUT2D eigenvalue weighted by molar-refractivity contribution is 0.0511. The molecule has 5 nitrogen and oxygen atoms in total. The highest BCUT2D eigenvalue weighted by Gasteiger charge is 2.32. The predicted molar refractivity (Wildman–Crippen MR) is 85.9 cm³/mol. The number of carbonyl (C=O) groups is 1. The Morgan fingerprint density at radius 1 is 1.27 bits per heavy atom. The fourth-order valence-corrected chi connectivity index (χ4v) is 2.97. The van der Waals surface area contributed by atoms with Gasteiger partial charge in [0, 0.05) is 31.7 Å². The van der Waals surface area contributed by atoms with Crippen molar-refractivity contribution in [2.75, 3.05) is 40.5 Å². The van der Waals surface area contributed by atoms with E-state index in [1.54, 1.807) is 14.2 Å². The smallest absolute Gasteiger partial charge is 0.251 e. The number of piperidine rings is 1. The molecule has 0 unspecified atom stereocenters. The van der Waals surface area contributed by atoms with E-state index in [4.69, 9.17) is 9.47 Å². The summed E-state index contributed by atoms with van der Waals surface area (Å²) in [5.74, 6) is -0.0352. The van der Waals surface area contributed by atoms with Crippen LogP contribution in [-0.2, 0) is 16.1 Å². The Balaban J connectivity index is 1.97. The number of amides is 1. The van der Waals surface area contributed by atoms with Crippen LogP contribution < -0.4 is 10.6 Å². The van der Waals surface area contributed by atoms with E-state index in [1.165, 1.54) is 0 Å². The van der Waals surface area contributed by atoms with Gasteiger partial charge < -0.3 is 20.1 Å². The number of hydrogen-bond donors (Lipinski definition) is 2. The van der Waals surface area contributed by atoms with E-state index in [9.17, 15) is 4.79 Å². The van der Waals surface area contributed by atoms with Crippen LogP contribution in [0.15, 0.2) is 24.3 Å².